The molecule has 2 aliphatic rings. The number of benzene rings is 1. The average molecular weight is 324 g/mol. The van der Waals surface area contributed by atoms with E-state index in [4.69, 9.17) is 4.74 Å². The maximum absolute atomic E-state index is 5.63. The fraction of sp³-hybridized carbons (Fsp3) is 0.625. The first-order valence-electron chi connectivity index (χ1n) is 7.34. The summed E-state index contributed by atoms with van der Waals surface area (Å²) in [5.41, 5.74) is 3.03. The number of fused-ring (bicyclic) bond motifs is 1. The van der Waals surface area contributed by atoms with Gasteiger partial charge >= 0.3 is 0 Å². The van der Waals surface area contributed by atoms with Gasteiger partial charge in [-0.1, -0.05) is 22.0 Å². The van der Waals surface area contributed by atoms with Gasteiger partial charge in [0.1, 0.15) is 0 Å². The van der Waals surface area contributed by atoms with Crippen LogP contribution < -0.4 is 5.32 Å². The van der Waals surface area contributed by atoms with Crippen molar-refractivity contribution in [3.63, 3.8) is 0 Å². The predicted molar refractivity (Wildman–Crippen MR) is 81.5 cm³/mol. The Labute approximate surface area is 124 Å². The highest BCUT2D eigenvalue weighted by molar-refractivity contribution is 9.10. The molecule has 3 atom stereocenters. The van der Waals surface area contributed by atoms with E-state index in [0.717, 1.165) is 13.2 Å². The molecule has 0 saturated carbocycles. The molecule has 3 heteroatoms. The van der Waals surface area contributed by atoms with E-state index in [9.17, 15) is 0 Å². The monoisotopic (exact) mass is 323 g/mol. The van der Waals surface area contributed by atoms with Crippen LogP contribution in [0.1, 0.15) is 30.9 Å². The highest BCUT2D eigenvalue weighted by Crippen LogP contribution is 2.25. The lowest BCUT2D eigenvalue weighted by Gasteiger charge is -2.27. The number of rotatable bonds is 3. The van der Waals surface area contributed by atoms with Crippen LogP contribution in [0.4, 0.5) is 0 Å². The second kappa shape index (κ2) is 5.94. The SMILES string of the molecule is CC1OCCC1CNC1CCc2cc(Br)ccc2C1. The zero-order valence-electron chi connectivity index (χ0n) is 11.5. The molecule has 0 spiro atoms. The van der Waals surface area contributed by atoms with Crippen LogP contribution in [0.5, 0.6) is 0 Å². The first-order chi connectivity index (χ1) is 9.22. The summed E-state index contributed by atoms with van der Waals surface area (Å²) in [5, 5.41) is 3.76. The van der Waals surface area contributed by atoms with Crippen LogP contribution in [0.2, 0.25) is 0 Å². The Morgan fingerprint density at radius 2 is 2.21 bits per heavy atom. The van der Waals surface area contributed by atoms with Crippen molar-refractivity contribution in [1.29, 1.82) is 0 Å². The maximum Gasteiger partial charge on any atom is 0.0588 e. The Bertz CT molecular complexity index is 448. The fourth-order valence-corrected chi connectivity index (χ4v) is 3.67. The molecule has 104 valence electrons. The molecule has 1 aromatic rings. The maximum atomic E-state index is 5.63. The van der Waals surface area contributed by atoms with Crippen LogP contribution in [0.3, 0.4) is 0 Å². The van der Waals surface area contributed by atoms with Crippen molar-refractivity contribution in [2.24, 2.45) is 5.92 Å². The third-order valence-electron chi connectivity index (χ3n) is 4.60. The van der Waals surface area contributed by atoms with Gasteiger partial charge in [-0.2, -0.15) is 0 Å². The Hall–Kier alpha value is -0.380. The van der Waals surface area contributed by atoms with Gasteiger partial charge in [0, 0.05) is 23.7 Å². The number of halogens is 1. The zero-order chi connectivity index (χ0) is 13.2. The second-order valence-corrected chi connectivity index (χ2v) is 6.80. The molecule has 0 radical (unpaired) electrons. The van der Waals surface area contributed by atoms with Gasteiger partial charge in [0.05, 0.1) is 6.10 Å². The summed E-state index contributed by atoms with van der Waals surface area (Å²) in [6.45, 7) is 4.25. The van der Waals surface area contributed by atoms with Crippen molar-refractivity contribution in [3.8, 4) is 0 Å². The summed E-state index contributed by atoms with van der Waals surface area (Å²) in [4.78, 5) is 0. The van der Waals surface area contributed by atoms with Crippen LogP contribution in [0.15, 0.2) is 22.7 Å². The van der Waals surface area contributed by atoms with Crippen LogP contribution >= 0.6 is 15.9 Å². The van der Waals surface area contributed by atoms with Crippen LogP contribution in [-0.2, 0) is 17.6 Å². The molecule has 1 N–H and O–H groups in total. The highest BCUT2D eigenvalue weighted by Gasteiger charge is 2.25. The van der Waals surface area contributed by atoms with Crippen molar-refractivity contribution < 1.29 is 4.74 Å². The lowest BCUT2D eigenvalue weighted by Crippen LogP contribution is -2.38. The Balaban J connectivity index is 1.55. The lowest BCUT2D eigenvalue weighted by molar-refractivity contribution is 0.104. The van der Waals surface area contributed by atoms with Gasteiger partial charge in [-0.25, -0.2) is 0 Å². The molecule has 1 aliphatic heterocycles. The largest absolute Gasteiger partial charge is 0.378 e. The molecule has 3 unspecified atom stereocenters. The van der Waals surface area contributed by atoms with Gasteiger partial charge < -0.3 is 10.1 Å². The molecule has 3 rings (SSSR count). The van der Waals surface area contributed by atoms with E-state index in [0.29, 0.717) is 18.1 Å². The minimum atomic E-state index is 0.430. The number of ether oxygens (including phenoxy) is 1. The van der Waals surface area contributed by atoms with Crippen molar-refractivity contribution in [2.75, 3.05) is 13.2 Å². The second-order valence-electron chi connectivity index (χ2n) is 5.89. The minimum Gasteiger partial charge on any atom is -0.378 e. The van der Waals surface area contributed by atoms with Gasteiger partial charge in [0.15, 0.2) is 0 Å². The van der Waals surface area contributed by atoms with E-state index in [1.807, 2.05) is 0 Å². The standard InChI is InChI=1S/C16H22BrNO/c1-11-14(6-7-19-11)10-18-16-5-3-12-8-15(17)4-2-13(12)9-16/h2,4,8,11,14,16,18H,3,5-7,9-10H2,1H3. The third-order valence-corrected chi connectivity index (χ3v) is 5.09. The van der Waals surface area contributed by atoms with Crippen LogP contribution in [0.25, 0.3) is 0 Å². The van der Waals surface area contributed by atoms with E-state index in [1.165, 1.54) is 41.3 Å². The molecular weight excluding hydrogens is 302 g/mol. The number of hydrogen-bond donors (Lipinski definition) is 1. The van der Waals surface area contributed by atoms with E-state index in [1.54, 1.807) is 0 Å². The van der Waals surface area contributed by atoms with E-state index in [2.05, 4.69) is 46.4 Å². The summed E-state index contributed by atoms with van der Waals surface area (Å²) >= 11 is 3.56. The van der Waals surface area contributed by atoms with Crippen molar-refractivity contribution in [2.45, 2.75) is 44.8 Å². The summed E-state index contributed by atoms with van der Waals surface area (Å²) in [6.07, 6.45) is 5.27. The molecular formula is C16H22BrNO. The summed E-state index contributed by atoms with van der Waals surface area (Å²) in [6, 6.07) is 7.35. The van der Waals surface area contributed by atoms with Gasteiger partial charge in [-0.05, 0) is 61.8 Å². The zero-order valence-corrected chi connectivity index (χ0v) is 13.1. The lowest BCUT2D eigenvalue weighted by atomic mass is 9.88. The first kappa shape index (κ1) is 13.6. The van der Waals surface area contributed by atoms with Gasteiger partial charge in [-0.15, -0.1) is 0 Å². The van der Waals surface area contributed by atoms with Crippen molar-refractivity contribution in [3.05, 3.63) is 33.8 Å². The van der Waals surface area contributed by atoms with Gasteiger partial charge in [0.25, 0.3) is 0 Å². The molecule has 0 aromatic heterocycles. The fourth-order valence-electron chi connectivity index (χ4n) is 3.26. The quantitative estimate of drug-likeness (QED) is 0.921. The summed E-state index contributed by atoms with van der Waals surface area (Å²) < 4.78 is 6.83. The van der Waals surface area contributed by atoms with E-state index >= 15 is 0 Å². The topological polar surface area (TPSA) is 21.3 Å². The molecule has 1 aromatic carbocycles. The van der Waals surface area contributed by atoms with Crippen LogP contribution in [0, 0.1) is 5.92 Å². The molecule has 1 saturated heterocycles. The van der Waals surface area contributed by atoms with Crippen molar-refractivity contribution in [1.82, 2.24) is 5.32 Å². The first-order valence-corrected chi connectivity index (χ1v) is 8.14. The smallest absolute Gasteiger partial charge is 0.0588 e. The Kier molecular flexibility index (Phi) is 4.25. The normalized spacial score (nSPS) is 30.3. The minimum absolute atomic E-state index is 0.430. The molecule has 2 nitrogen and oxygen atoms in total. The number of hydrogen-bond acceptors (Lipinski definition) is 2. The molecule has 0 bridgehead atoms. The molecule has 1 heterocycles. The predicted octanol–water partition coefficient (Wildman–Crippen LogP) is 3.32. The average Bonchev–Trinajstić information content (AvgIpc) is 2.82. The molecule has 1 fully saturated rings. The molecule has 19 heavy (non-hydrogen) atoms. The van der Waals surface area contributed by atoms with E-state index in [-0.39, 0.29) is 0 Å². The number of aryl methyl sites for hydroxylation is 1. The summed E-state index contributed by atoms with van der Waals surface area (Å²) in [5.74, 6) is 0.700. The summed E-state index contributed by atoms with van der Waals surface area (Å²) in [7, 11) is 0. The Morgan fingerprint density at radius 1 is 1.32 bits per heavy atom. The van der Waals surface area contributed by atoms with E-state index < -0.39 is 0 Å². The third kappa shape index (κ3) is 3.21. The van der Waals surface area contributed by atoms with Crippen molar-refractivity contribution >= 4 is 15.9 Å². The number of nitrogens with one attached hydrogen (secondary N) is 1. The molecule has 1 aliphatic carbocycles. The highest BCUT2D eigenvalue weighted by atomic mass is 79.9. The molecule has 0 amide bonds. The van der Waals surface area contributed by atoms with Gasteiger partial charge in [-0.3, -0.25) is 0 Å². The van der Waals surface area contributed by atoms with Crippen LogP contribution in [-0.4, -0.2) is 25.3 Å². The van der Waals surface area contributed by atoms with Gasteiger partial charge in [0.2, 0.25) is 0 Å². The Morgan fingerprint density at radius 3 is 3.00 bits per heavy atom.